The average Bonchev–Trinajstić information content (AvgIpc) is 3.32. The summed E-state index contributed by atoms with van der Waals surface area (Å²) in [6.07, 6.45) is 3.01. The zero-order valence-electron chi connectivity index (χ0n) is 14.0. The van der Waals surface area contributed by atoms with Crippen molar-refractivity contribution >= 4 is 21.4 Å². The Kier molecular flexibility index (Phi) is 4.55. The van der Waals surface area contributed by atoms with E-state index in [1.807, 2.05) is 30.3 Å². The van der Waals surface area contributed by atoms with Crippen molar-refractivity contribution < 1.29 is 12.9 Å². The lowest BCUT2D eigenvalue weighted by Gasteiger charge is -2.08. The van der Waals surface area contributed by atoms with Crippen LogP contribution in [0.2, 0.25) is 5.02 Å². The zero-order valence-corrected chi connectivity index (χ0v) is 15.6. The Morgan fingerprint density at radius 1 is 1.04 bits per heavy atom. The Morgan fingerprint density at radius 2 is 1.85 bits per heavy atom. The third-order valence-corrected chi connectivity index (χ3v) is 5.69. The predicted molar refractivity (Wildman–Crippen MR) is 101 cm³/mol. The molecule has 0 saturated carbocycles. The number of hydrogen-bond acceptors (Lipinski definition) is 5. The van der Waals surface area contributed by atoms with Gasteiger partial charge in [0.15, 0.2) is 5.76 Å². The van der Waals surface area contributed by atoms with Crippen molar-refractivity contribution in [3.63, 3.8) is 0 Å². The molecule has 0 saturated heterocycles. The molecule has 0 radical (unpaired) electrons. The molecule has 0 N–H and O–H groups in total. The molecule has 2 aromatic heterocycles. The third-order valence-electron chi connectivity index (χ3n) is 3.93. The summed E-state index contributed by atoms with van der Waals surface area (Å²) in [5, 5.41) is 4.39. The van der Waals surface area contributed by atoms with Crippen LogP contribution in [0.25, 0.3) is 16.9 Å². The summed E-state index contributed by atoms with van der Waals surface area (Å²) in [6.45, 7) is 0. The van der Waals surface area contributed by atoms with Crippen LogP contribution >= 0.6 is 11.6 Å². The quantitative estimate of drug-likeness (QED) is 0.503. The van der Waals surface area contributed by atoms with Crippen molar-refractivity contribution in [3.05, 3.63) is 83.8 Å². The minimum atomic E-state index is -3.76. The molecule has 0 fully saturated rings. The highest BCUT2D eigenvalue weighted by atomic mass is 35.5. The number of sulfone groups is 1. The van der Waals surface area contributed by atoms with Gasteiger partial charge >= 0.3 is 0 Å². The topological polar surface area (TPSA) is 78.0 Å². The van der Waals surface area contributed by atoms with Crippen molar-refractivity contribution in [3.8, 4) is 16.9 Å². The van der Waals surface area contributed by atoms with Gasteiger partial charge in [0.1, 0.15) is 11.4 Å². The molecule has 0 amide bonds. The van der Waals surface area contributed by atoms with Crippen molar-refractivity contribution in [2.24, 2.45) is 0 Å². The summed E-state index contributed by atoms with van der Waals surface area (Å²) in [5.41, 5.74) is 2.05. The lowest BCUT2D eigenvalue weighted by Crippen LogP contribution is -2.11. The highest BCUT2D eigenvalue weighted by molar-refractivity contribution is 7.90. The fourth-order valence-electron chi connectivity index (χ4n) is 2.72. The summed E-state index contributed by atoms with van der Waals surface area (Å²) in [4.78, 5) is 4.02. The number of rotatable bonds is 5. The molecule has 0 aliphatic carbocycles. The summed E-state index contributed by atoms with van der Waals surface area (Å²) in [5.74, 6) is -0.0979. The van der Waals surface area contributed by atoms with Crippen LogP contribution in [0.1, 0.15) is 5.76 Å². The van der Waals surface area contributed by atoms with E-state index in [0.717, 1.165) is 5.56 Å². The van der Waals surface area contributed by atoms with E-state index in [-0.39, 0.29) is 16.7 Å². The normalized spacial score (nSPS) is 11.6. The molecule has 0 aliphatic heterocycles. The van der Waals surface area contributed by atoms with Crippen LogP contribution in [0.4, 0.5) is 0 Å². The van der Waals surface area contributed by atoms with Gasteiger partial charge in [-0.15, -0.1) is 0 Å². The standard InChI is InChI=1S/C19H14ClN3O3S/c20-15-7-4-8-16(11-15)23-10-9-21-19(23)27(24,25)13-17-12-18(22-26-17)14-5-2-1-3-6-14/h1-12H,13H2. The molecule has 6 nitrogen and oxygen atoms in total. The minimum Gasteiger partial charge on any atom is -0.360 e. The van der Waals surface area contributed by atoms with E-state index in [1.165, 1.54) is 10.8 Å². The van der Waals surface area contributed by atoms with Gasteiger partial charge in [-0.1, -0.05) is 53.2 Å². The Morgan fingerprint density at radius 3 is 2.63 bits per heavy atom. The van der Waals surface area contributed by atoms with Gasteiger partial charge in [-0.05, 0) is 18.2 Å². The molecule has 8 heteroatoms. The van der Waals surface area contributed by atoms with Gasteiger partial charge in [0.2, 0.25) is 15.0 Å². The molecule has 27 heavy (non-hydrogen) atoms. The van der Waals surface area contributed by atoms with Crippen LogP contribution in [0, 0.1) is 0 Å². The van der Waals surface area contributed by atoms with E-state index in [1.54, 1.807) is 36.5 Å². The summed E-state index contributed by atoms with van der Waals surface area (Å²) in [7, 11) is -3.76. The van der Waals surface area contributed by atoms with Crippen molar-refractivity contribution in [2.45, 2.75) is 10.9 Å². The van der Waals surface area contributed by atoms with E-state index in [9.17, 15) is 8.42 Å². The van der Waals surface area contributed by atoms with Gasteiger partial charge in [0.05, 0.1) is 0 Å². The molecular formula is C19H14ClN3O3S. The minimum absolute atomic E-state index is 0.0811. The first-order valence-electron chi connectivity index (χ1n) is 8.06. The number of hydrogen-bond donors (Lipinski definition) is 0. The first kappa shape index (κ1) is 17.5. The van der Waals surface area contributed by atoms with Gasteiger partial charge < -0.3 is 4.52 Å². The maximum atomic E-state index is 12.9. The average molecular weight is 400 g/mol. The van der Waals surface area contributed by atoms with Crippen LogP contribution in [0.15, 0.2) is 82.7 Å². The SMILES string of the molecule is O=S(=O)(Cc1cc(-c2ccccc2)no1)c1nccn1-c1cccc(Cl)c1. The predicted octanol–water partition coefficient (Wildman–Crippen LogP) is 4.15. The molecule has 0 aliphatic rings. The van der Waals surface area contributed by atoms with Gasteiger partial charge in [0, 0.05) is 34.7 Å². The Bertz CT molecular complexity index is 1180. The van der Waals surface area contributed by atoms with Crippen LogP contribution in [-0.2, 0) is 15.6 Å². The summed E-state index contributed by atoms with van der Waals surface area (Å²) < 4.78 is 32.5. The number of halogens is 1. The highest BCUT2D eigenvalue weighted by Gasteiger charge is 2.24. The lowest BCUT2D eigenvalue weighted by atomic mass is 10.1. The first-order valence-corrected chi connectivity index (χ1v) is 10.1. The Labute approximate surface area is 161 Å². The van der Waals surface area contributed by atoms with Crippen LogP contribution in [0.3, 0.4) is 0 Å². The van der Waals surface area contributed by atoms with Gasteiger partial charge in [-0.25, -0.2) is 13.4 Å². The maximum Gasteiger partial charge on any atom is 0.232 e. The molecule has 136 valence electrons. The molecule has 4 rings (SSSR count). The highest BCUT2D eigenvalue weighted by Crippen LogP contribution is 2.24. The van der Waals surface area contributed by atoms with Gasteiger partial charge in [-0.2, -0.15) is 0 Å². The van der Waals surface area contributed by atoms with Crippen LogP contribution in [0.5, 0.6) is 0 Å². The Balaban J connectivity index is 1.64. The number of nitrogens with zero attached hydrogens (tertiary/aromatic N) is 3. The number of imidazole rings is 1. The number of aromatic nitrogens is 3. The van der Waals surface area contributed by atoms with Crippen LogP contribution < -0.4 is 0 Å². The molecule has 2 aromatic carbocycles. The summed E-state index contributed by atoms with van der Waals surface area (Å²) in [6, 6.07) is 17.9. The fraction of sp³-hybridized carbons (Fsp3) is 0.0526. The molecule has 0 bridgehead atoms. The van der Waals surface area contributed by atoms with E-state index in [4.69, 9.17) is 16.1 Å². The van der Waals surface area contributed by atoms with Crippen LogP contribution in [-0.4, -0.2) is 23.1 Å². The third kappa shape index (κ3) is 3.65. The lowest BCUT2D eigenvalue weighted by molar-refractivity contribution is 0.394. The molecule has 0 atom stereocenters. The molecule has 2 heterocycles. The second-order valence-electron chi connectivity index (χ2n) is 5.86. The Hall–Kier alpha value is -2.90. The van der Waals surface area contributed by atoms with E-state index in [0.29, 0.717) is 16.4 Å². The van der Waals surface area contributed by atoms with E-state index >= 15 is 0 Å². The smallest absolute Gasteiger partial charge is 0.232 e. The monoisotopic (exact) mass is 399 g/mol. The van der Waals surface area contributed by atoms with Crippen molar-refractivity contribution in [2.75, 3.05) is 0 Å². The zero-order chi connectivity index (χ0) is 18.9. The first-order chi connectivity index (χ1) is 13.0. The van der Waals surface area contributed by atoms with E-state index < -0.39 is 9.84 Å². The molecule has 4 aromatic rings. The fourth-order valence-corrected chi connectivity index (χ4v) is 4.23. The van der Waals surface area contributed by atoms with E-state index in [2.05, 4.69) is 10.1 Å². The summed E-state index contributed by atoms with van der Waals surface area (Å²) >= 11 is 6.01. The largest absolute Gasteiger partial charge is 0.360 e. The van der Waals surface area contributed by atoms with Gasteiger partial charge in [0.25, 0.3) is 0 Å². The number of benzene rings is 2. The van der Waals surface area contributed by atoms with Gasteiger partial charge in [-0.3, -0.25) is 4.57 Å². The second kappa shape index (κ2) is 7.02. The molecular weight excluding hydrogens is 386 g/mol. The maximum absolute atomic E-state index is 12.9. The molecule has 0 unspecified atom stereocenters. The van der Waals surface area contributed by atoms with Crippen molar-refractivity contribution in [1.82, 2.24) is 14.7 Å². The molecule has 0 spiro atoms. The van der Waals surface area contributed by atoms with Crippen molar-refractivity contribution in [1.29, 1.82) is 0 Å². The second-order valence-corrected chi connectivity index (χ2v) is 8.18.